The Morgan fingerprint density at radius 2 is 1.67 bits per heavy atom. The van der Waals surface area contributed by atoms with Crippen molar-refractivity contribution in [3.8, 4) is 22.6 Å². The number of imide groups is 1. The van der Waals surface area contributed by atoms with Crippen LogP contribution in [0, 0.1) is 5.41 Å². The first kappa shape index (κ1) is 38.1. The Morgan fingerprint density at radius 3 is 2.32 bits per heavy atom. The number of hydrogen-bond donors (Lipinski definition) is 1. The maximum Gasteiger partial charge on any atom is 0.329 e. The molecule has 16 heteroatoms. The van der Waals surface area contributed by atoms with Gasteiger partial charge in [-0.1, -0.05) is 6.07 Å². The molecule has 0 radical (unpaired) electrons. The molecule has 0 saturated carbocycles. The summed E-state index contributed by atoms with van der Waals surface area (Å²) in [6.45, 7) is 0.611. The Bertz CT molecular complexity index is 2550. The number of nitrogens with zero attached hydrogens (tertiary/aromatic N) is 7. The zero-order chi connectivity index (χ0) is 40.6. The lowest BCUT2D eigenvalue weighted by Gasteiger charge is -2.43. The van der Waals surface area contributed by atoms with E-state index in [4.69, 9.17) is 9.47 Å². The number of imidazole rings is 1. The number of nitrogens with one attached hydrogen (secondary N) is 1. The second kappa shape index (κ2) is 14.0. The topological polar surface area (TPSA) is 136 Å². The van der Waals surface area contributed by atoms with Crippen LogP contribution in [-0.4, -0.2) is 95.8 Å². The summed E-state index contributed by atoms with van der Waals surface area (Å²) in [5, 5.41) is 3.51. The third-order valence-electron chi connectivity index (χ3n) is 12.2. The van der Waals surface area contributed by atoms with Crippen LogP contribution in [0.4, 0.5) is 20.3 Å². The summed E-state index contributed by atoms with van der Waals surface area (Å²) in [6.07, 6.45) is 4.15. The van der Waals surface area contributed by atoms with Gasteiger partial charge in [-0.3, -0.25) is 33.7 Å². The van der Waals surface area contributed by atoms with Gasteiger partial charge in [0.25, 0.3) is 11.5 Å². The molecule has 5 aromatic rings. The molecule has 3 aliphatic heterocycles. The van der Waals surface area contributed by atoms with E-state index in [1.807, 2.05) is 48.2 Å². The van der Waals surface area contributed by atoms with Gasteiger partial charge >= 0.3 is 5.69 Å². The molecule has 57 heavy (non-hydrogen) atoms. The minimum Gasteiger partial charge on any atom is -0.496 e. The molecule has 3 aliphatic rings. The second-order valence-electron chi connectivity index (χ2n) is 15.7. The highest BCUT2D eigenvalue weighted by Gasteiger charge is 2.60. The maximum atomic E-state index is 16.3. The zero-order valence-corrected chi connectivity index (χ0v) is 32.9. The average Bonchev–Trinajstić information content (AvgIpc) is 3.59. The molecular formula is C41H46F2N8O6. The number of methoxy groups -OCH3 is 2. The van der Waals surface area contributed by atoms with E-state index in [1.54, 1.807) is 57.7 Å². The smallest absolute Gasteiger partial charge is 0.329 e. The fourth-order valence-electron chi connectivity index (χ4n) is 9.11. The van der Waals surface area contributed by atoms with Crippen molar-refractivity contribution in [2.75, 3.05) is 64.3 Å². The molecule has 1 N–H and O–H groups in total. The Kier molecular flexibility index (Phi) is 9.37. The normalized spacial score (nSPS) is 19.4. The molecule has 1 spiro atoms. The van der Waals surface area contributed by atoms with Crippen LogP contribution in [-0.2, 0) is 30.2 Å². The third-order valence-corrected chi connectivity index (χ3v) is 12.2. The van der Waals surface area contributed by atoms with Crippen molar-refractivity contribution in [2.45, 2.75) is 44.2 Å². The molecule has 1 atom stereocenters. The van der Waals surface area contributed by atoms with Crippen LogP contribution < -0.4 is 35.8 Å². The standard InChI is InChI=1S/C41H46F2N8O6/c1-46(2)34-18-25-26(19-44-34)38(54)47(3)20-27(25)24-16-32(56-5)28(33(17-24)57-6)21-49-22-40(41(42,43)23-49)12-14-50(15-13-40)29-8-7-9-30-36(29)48(4)39(55)51(30)31-10-11-35(52)45-37(31)53/h7-9,16-20,31H,10-15,21-23H2,1-6H3,(H,45,52,53). The molecule has 0 bridgehead atoms. The van der Waals surface area contributed by atoms with Gasteiger partial charge in [-0.05, 0) is 55.2 Å². The van der Waals surface area contributed by atoms with Crippen LogP contribution in [0.2, 0.25) is 0 Å². The van der Waals surface area contributed by atoms with Gasteiger partial charge in [-0.25, -0.2) is 18.6 Å². The monoisotopic (exact) mass is 784 g/mol. The number of pyridine rings is 2. The van der Waals surface area contributed by atoms with Gasteiger partial charge in [0.05, 0.1) is 53.8 Å². The molecule has 0 aliphatic carbocycles. The Morgan fingerprint density at radius 1 is 0.965 bits per heavy atom. The number of alkyl halides is 2. The second-order valence-corrected chi connectivity index (χ2v) is 15.7. The lowest BCUT2D eigenvalue weighted by Crippen LogP contribution is -2.49. The first-order chi connectivity index (χ1) is 27.2. The quantitative estimate of drug-likeness (QED) is 0.230. The molecule has 1 unspecified atom stereocenters. The van der Waals surface area contributed by atoms with Gasteiger partial charge in [0.1, 0.15) is 23.4 Å². The maximum absolute atomic E-state index is 16.3. The van der Waals surface area contributed by atoms with Crippen molar-refractivity contribution in [2.24, 2.45) is 19.5 Å². The largest absolute Gasteiger partial charge is 0.496 e. The fourth-order valence-corrected chi connectivity index (χ4v) is 9.11. The van der Waals surface area contributed by atoms with E-state index in [9.17, 15) is 19.2 Å². The highest BCUT2D eigenvalue weighted by atomic mass is 19.3. The van der Waals surface area contributed by atoms with Crippen molar-refractivity contribution >= 4 is 45.1 Å². The molecule has 6 heterocycles. The molecule has 2 amide bonds. The number of amides is 2. The van der Waals surface area contributed by atoms with E-state index < -0.39 is 29.8 Å². The summed E-state index contributed by atoms with van der Waals surface area (Å²) in [4.78, 5) is 61.3. The van der Waals surface area contributed by atoms with Crippen molar-refractivity contribution in [3.05, 3.63) is 75.2 Å². The first-order valence-electron chi connectivity index (χ1n) is 19.0. The minimum atomic E-state index is -2.97. The zero-order valence-electron chi connectivity index (χ0n) is 32.9. The van der Waals surface area contributed by atoms with Crippen LogP contribution >= 0.6 is 0 Å². The Balaban J connectivity index is 1.06. The fraction of sp³-hybridized carbons (Fsp3) is 0.439. The summed E-state index contributed by atoms with van der Waals surface area (Å²) in [5.74, 6) is -2.20. The number of rotatable bonds is 8. The number of piperidine rings is 2. The van der Waals surface area contributed by atoms with Gasteiger partial charge in [0.15, 0.2) is 0 Å². The van der Waals surface area contributed by atoms with E-state index in [1.165, 1.54) is 13.7 Å². The SMILES string of the molecule is COc1cc(-c2cn(C)c(=O)c3cnc(N(C)C)cc23)cc(OC)c1CN1CC(F)(F)C2(CCN(c3cccc4c3n(C)c(=O)n4C3CCC(=O)NC3=O)CC2)C1. The number of benzene rings is 2. The molecule has 3 fully saturated rings. The van der Waals surface area contributed by atoms with Crippen LogP contribution in [0.15, 0.2) is 58.4 Å². The van der Waals surface area contributed by atoms with E-state index >= 15 is 8.78 Å². The Hall–Kier alpha value is -5.77. The predicted molar refractivity (Wildman–Crippen MR) is 213 cm³/mol. The molecule has 14 nitrogen and oxygen atoms in total. The molecule has 8 rings (SSSR count). The molecule has 2 aromatic carbocycles. The summed E-state index contributed by atoms with van der Waals surface area (Å²) in [6, 6.07) is 10.2. The van der Waals surface area contributed by atoms with Crippen molar-refractivity contribution in [3.63, 3.8) is 0 Å². The van der Waals surface area contributed by atoms with Gasteiger partial charge in [-0.15, -0.1) is 0 Å². The molecule has 3 saturated heterocycles. The molecule has 3 aromatic heterocycles. The van der Waals surface area contributed by atoms with E-state index in [0.29, 0.717) is 57.8 Å². The average molecular weight is 785 g/mol. The summed E-state index contributed by atoms with van der Waals surface area (Å²) >= 11 is 0. The minimum absolute atomic E-state index is 0.133. The summed E-state index contributed by atoms with van der Waals surface area (Å²) in [5.41, 5.74) is 2.23. The Labute approximate surface area is 327 Å². The number of carbonyl (C=O) groups excluding carboxylic acids is 2. The summed E-state index contributed by atoms with van der Waals surface area (Å²) in [7, 11) is 10.2. The van der Waals surface area contributed by atoms with Crippen LogP contribution in [0.1, 0.15) is 37.3 Å². The number of fused-ring (bicyclic) bond motifs is 2. The number of halogens is 2. The number of anilines is 2. The van der Waals surface area contributed by atoms with Gasteiger partial charge < -0.3 is 23.8 Å². The van der Waals surface area contributed by atoms with Crippen molar-refractivity contribution in [1.29, 1.82) is 0 Å². The lowest BCUT2D eigenvalue weighted by molar-refractivity contribution is -0.135. The highest BCUT2D eigenvalue weighted by molar-refractivity contribution is 6.01. The first-order valence-corrected chi connectivity index (χ1v) is 19.0. The van der Waals surface area contributed by atoms with Crippen molar-refractivity contribution in [1.82, 2.24) is 28.9 Å². The number of likely N-dealkylation sites (tertiary alicyclic amines) is 1. The number of aromatic nitrogens is 4. The number of hydrogen-bond acceptors (Lipinski definition) is 10. The molecule has 300 valence electrons. The van der Waals surface area contributed by atoms with Gasteiger partial charge in [-0.2, -0.15) is 0 Å². The highest BCUT2D eigenvalue weighted by Crippen LogP contribution is 2.52. The van der Waals surface area contributed by atoms with E-state index in [-0.39, 0.29) is 55.9 Å². The van der Waals surface area contributed by atoms with Gasteiger partial charge in [0.2, 0.25) is 11.8 Å². The van der Waals surface area contributed by atoms with Crippen LogP contribution in [0.5, 0.6) is 11.5 Å². The van der Waals surface area contributed by atoms with Crippen molar-refractivity contribution < 1.29 is 27.8 Å². The number of carbonyl (C=O) groups is 2. The summed E-state index contributed by atoms with van der Waals surface area (Å²) < 4.78 is 48.8. The van der Waals surface area contributed by atoms with Crippen LogP contribution in [0.3, 0.4) is 0 Å². The van der Waals surface area contributed by atoms with Gasteiger partial charge in [0, 0.05) is 84.1 Å². The van der Waals surface area contributed by atoms with E-state index in [2.05, 4.69) is 10.3 Å². The number of ether oxygens (including phenoxy) is 2. The predicted octanol–water partition coefficient (Wildman–Crippen LogP) is 4.05. The number of aryl methyl sites for hydroxylation is 2. The van der Waals surface area contributed by atoms with E-state index in [0.717, 1.165) is 16.8 Å². The van der Waals surface area contributed by atoms with Crippen LogP contribution in [0.25, 0.3) is 32.9 Å². The lowest BCUT2D eigenvalue weighted by atomic mass is 9.75. The third kappa shape index (κ3) is 6.20. The molecular weight excluding hydrogens is 738 g/mol. The number of para-hydroxylation sites is 1.